The standard InChI is InChI=1S/C20H27N3O/c1-16-6-8-17(9-7-16)20(15-21)23-12-10-22(11-13-23)18-4-3-5-19(14-18)24-2/h3-9,14,20H,10-13,15,21H2,1-2H3. The molecular weight excluding hydrogens is 298 g/mol. The van der Waals surface area contributed by atoms with Gasteiger partial charge in [-0.1, -0.05) is 35.9 Å². The molecule has 0 saturated carbocycles. The van der Waals surface area contributed by atoms with Crippen molar-refractivity contribution >= 4 is 5.69 Å². The molecule has 2 aromatic carbocycles. The van der Waals surface area contributed by atoms with E-state index in [1.165, 1.54) is 16.8 Å². The highest BCUT2D eigenvalue weighted by molar-refractivity contribution is 5.51. The van der Waals surface area contributed by atoms with Crippen molar-refractivity contribution in [2.45, 2.75) is 13.0 Å². The van der Waals surface area contributed by atoms with Crippen LogP contribution in [0.1, 0.15) is 17.2 Å². The number of benzene rings is 2. The van der Waals surface area contributed by atoms with Crippen molar-refractivity contribution in [3.05, 3.63) is 59.7 Å². The van der Waals surface area contributed by atoms with Crippen LogP contribution in [0.3, 0.4) is 0 Å². The second-order valence-electron chi connectivity index (χ2n) is 6.39. The first-order valence-electron chi connectivity index (χ1n) is 8.61. The molecule has 3 rings (SSSR count). The van der Waals surface area contributed by atoms with Gasteiger partial charge < -0.3 is 15.4 Å². The summed E-state index contributed by atoms with van der Waals surface area (Å²) in [4.78, 5) is 4.92. The number of ether oxygens (including phenoxy) is 1. The predicted octanol–water partition coefficient (Wildman–Crippen LogP) is 2.83. The Hall–Kier alpha value is -2.04. The molecule has 1 saturated heterocycles. The van der Waals surface area contributed by atoms with E-state index in [1.54, 1.807) is 7.11 Å². The number of hydrogen-bond acceptors (Lipinski definition) is 4. The normalized spacial score (nSPS) is 16.9. The summed E-state index contributed by atoms with van der Waals surface area (Å²) in [7, 11) is 1.71. The van der Waals surface area contributed by atoms with Gasteiger partial charge in [-0.25, -0.2) is 0 Å². The van der Waals surface area contributed by atoms with Crippen LogP contribution in [0.5, 0.6) is 5.75 Å². The molecule has 1 heterocycles. The lowest BCUT2D eigenvalue weighted by Crippen LogP contribution is -2.49. The van der Waals surface area contributed by atoms with Crippen LogP contribution in [-0.4, -0.2) is 44.7 Å². The summed E-state index contributed by atoms with van der Waals surface area (Å²) in [5, 5.41) is 0. The first-order valence-corrected chi connectivity index (χ1v) is 8.61. The van der Waals surface area contributed by atoms with Crippen LogP contribution in [0.2, 0.25) is 0 Å². The maximum atomic E-state index is 6.09. The van der Waals surface area contributed by atoms with E-state index in [9.17, 15) is 0 Å². The Balaban J connectivity index is 1.66. The summed E-state index contributed by atoms with van der Waals surface area (Å²) >= 11 is 0. The van der Waals surface area contributed by atoms with Gasteiger partial charge in [0.25, 0.3) is 0 Å². The Morgan fingerprint density at radius 3 is 2.38 bits per heavy atom. The van der Waals surface area contributed by atoms with Crippen LogP contribution in [0.25, 0.3) is 0 Å². The smallest absolute Gasteiger partial charge is 0.120 e. The van der Waals surface area contributed by atoms with E-state index >= 15 is 0 Å². The number of nitrogens with two attached hydrogens (primary N) is 1. The highest BCUT2D eigenvalue weighted by atomic mass is 16.5. The molecule has 1 aliphatic rings. The second-order valence-corrected chi connectivity index (χ2v) is 6.39. The molecule has 2 aromatic rings. The maximum absolute atomic E-state index is 6.09. The molecule has 4 heteroatoms. The van der Waals surface area contributed by atoms with E-state index < -0.39 is 0 Å². The minimum atomic E-state index is 0.304. The summed E-state index contributed by atoms with van der Waals surface area (Å²) in [6.45, 7) is 6.83. The number of hydrogen-bond donors (Lipinski definition) is 1. The molecule has 0 amide bonds. The van der Waals surface area contributed by atoms with E-state index in [1.807, 2.05) is 6.07 Å². The van der Waals surface area contributed by atoms with Crippen molar-refractivity contribution in [1.82, 2.24) is 4.90 Å². The van der Waals surface area contributed by atoms with Gasteiger partial charge in [-0.15, -0.1) is 0 Å². The van der Waals surface area contributed by atoms with Gasteiger partial charge in [0.1, 0.15) is 5.75 Å². The van der Waals surface area contributed by atoms with Gasteiger partial charge in [0, 0.05) is 50.5 Å². The molecule has 1 unspecified atom stereocenters. The Morgan fingerprint density at radius 1 is 1.04 bits per heavy atom. The lowest BCUT2D eigenvalue weighted by molar-refractivity contribution is 0.190. The summed E-state index contributed by atoms with van der Waals surface area (Å²) in [6, 6.07) is 17.4. The number of methoxy groups -OCH3 is 1. The number of rotatable bonds is 5. The molecule has 0 aliphatic carbocycles. The highest BCUT2D eigenvalue weighted by Crippen LogP contribution is 2.25. The largest absolute Gasteiger partial charge is 0.497 e. The fraction of sp³-hybridized carbons (Fsp3) is 0.400. The van der Waals surface area contributed by atoms with Gasteiger partial charge >= 0.3 is 0 Å². The van der Waals surface area contributed by atoms with Crippen molar-refractivity contribution in [1.29, 1.82) is 0 Å². The van der Waals surface area contributed by atoms with Crippen LogP contribution >= 0.6 is 0 Å². The zero-order valence-corrected chi connectivity index (χ0v) is 14.6. The van der Waals surface area contributed by atoms with Crippen molar-refractivity contribution in [2.24, 2.45) is 5.73 Å². The topological polar surface area (TPSA) is 41.7 Å². The molecule has 2 N–H and O–H groups in total. The summed E-state index contributed by atoms with van der Waals surface area (Å²) in [6.07, 6.45) is 0. The molecule has 1 atom stereocenters. The fourth-order valence-corrected chi connectivity index (χ4v) is 3.38. The van der Waals surface area contributed by atoms with Gasteiger partial charge in [0.15, 0.2) is 0 Å². The minimum absolute atomic E-state index is 0.304. The van der Waals surface area contributed by atoms with Crippen molar-refractivity contribution < 1.29 is 4.74 Å². The van der Waals surface area contributed by atoms with Crippen LogP contribution in [0, 0.1) is 6.92 Å². The van der Waals surface area contributed by atoms with Crippen LogP contribution in [0.4, 0.5) is 5.69 Å². The Labute approximate surface area is 144 Å². The third-order valence-electron chi connectivity index (χ3n) is 4.86. The molecule has 0 spiro atoms. The van der Waals surface area contributed by atoms with E-state index in [2.05, 4.69) is 59.2 Å². The Kier molecular flexibility index (Phi) is 5.38. The van der Waals surface area contributed by atoms with E-state index in [4.69, 9.17) is 10.5 Å². The molecule has 0 bridgehead atoms. The van der Waals surface area contributed by atoms with Gasteiger partial charge in [0.05, 0.1) is 7.11 Å². The predicted molar refractivity (Wildman–Crippen MR) is 99.8 cm³/mol. The monoisotopic (exact) mass is 325 g/mol. The highest BCUT2D eigenvalue weighted by Gasteiger charge is 2.24. The van der Waals surface area contributed by atoms with Crippen molar-refractivity contribution in [3.8, 4) is 5.75 Å². The van der Waals surface area contributed by atoms with Gasteiger partial charge in [-0.05, 0) is 24.6 Å². The zero-order chi connectivity index (χ0) is 16.9. The summed E-state index contributed by atoms with van der Waals surface area (Å²) in [5.41, 5.74) is 9.92. The van der Waals surface area contributed by atoms with Gasteiger partial charge in [-0.3, -0.25) is 4.90 Å². The number of aryl methyl sites for hydroxylation is 1. The maximum Gasteiger partial charge on any atom is 0.120 e. The molecule has 0 aromatic heterocycles. The summed E-state index contributed by atoms with van der Waals surface area (Å²) < 4.78 is 5.34. The van der Waals surface area contributed by atoms with Crippen molar-refractivity contribution in [2.75, 3.05) is 44.7 Å². The molecular formula is C20H27N3O. The molecule has 4 nitrogen and oxygen atoms in total. The van der Waals surface area contributed by atoms with Gasteiger partial charge in [-0.2, -0.15) is 0 Å². The molecule has 0 radical (unpaired) electrons. The average molecular weight is 325 g/mol. The quantitative estimate of drug-likeness (QED) is 0.918. The number of anilines is 1. The van der Waals surface area contributed by atoms with E-state index in [0.717, 1.165) is 31.9 Å². The zero-order valence-electron chi connectivity index (χ0n) is 14.6. The van der Waals surface area contributed by atoms with Gasteiger partial charge in [0.2, 0.25) is 0 Å². The van der Waals surface area contributed by atoms with Crippen LogP contribution < -0.4 is 15.4 Å². The third kappa shape index (κ3) is 3.71. The SMILES string of the molecule is COc1cccc(N2CCN(C(CN)c3ccc(C)cc3)CC2)c1. The molecule has 24 heavy (non-hydrogen) atoms. The lowest BCUT2D eigenvalue weighted by Gasteiger charge is -2.40. The number of piperazine rings is 1. The van der Waals surface area contributed by atoms with Crippen LogP contribution in [0.15, 0.2) is 48.5 Å². The first-order chi connectivity index (χ1) is 11.7. The molecule has 1 aliphatic heterocycles. The average Bonchev–Trinajstić information content (AvgIpc) is 2.64. The molecule has 1 fully saturated rings. The van der Waals surface area contributed by atoms with E-state index in [0.29, 0.717) is 12.6 Å². The third-order valence-corrected chi connectivity index (χ3v) is 4.86. The first kappa shape index (κ1) is 16.8. The number of nitrogens with zero attached hydrogens (tertiary/aromatic N) is 2. The van der Waals surface area contributed by atoms with Crippen molar-refractivity contribution in [3.63, 3.8) is 0 Å². The van der Waals surface area contributed by atoms with Crippen LogP contribution in [-0.2, 0) is 0 Å². The molecule has 128 valence electrons. The fourth-order valence-electron chi connectivity index (χ4n) is 3.38. The Morgan fingerprint density at radius 2 is 1.75 bits per heavy atom. The van der Waals surface area contributed by atoms with E-state index in [-0.39, 0.29) is 0 Å². The lowest BCUT2D eigenvalue weighted by atomic mass is 10.0. The minimum Gasteiger partial charge on any atom is -0.497 e. The second kappa shape index (κ2) is 7.69. The summed E-state index contributed by atoms with van der Waals surface area (Å²) in [5.74, 6) is 0.911. The Bertz CT molecular complexity index is 648.